The average molecular weight is 230 g/mol. The smallest absolute Gasteiger partial charge is 0.231 e. The van der Waals surface area contributed by atoms with Crippen LogP contribution in [0.3, 0.4) is 0 Å². The summed E-state index contributed by atoms with van der Waals surface area (Å²) in [7, 11) is 0. The molecule has 0 radical (unpaired) electrons. The van der Waals surface area contributed by atoms with Gasteiger partial charge in [0.25, 0.3) is 12.6 Å². The first-order chi connectivity index (χ1) is 6.85. The summed E-state index contributed by atoms with van der Waals surface area (Å²) >= 11 is 0. The van der Waals surface area contributed by atoms with Crippen molar-refractivity contribution >= 4 is 0 Å². The maximum Gasteiger partial charge on any atom is 0.425 e. The monoisotopic (exact) mass is 230 g/mol. The van der Waals surface area contributed by atoms with E-state index < -0.39 is 18.8 Å². The molecule has 1 rings (SSSR count). The van der Waals surface area contributed by atoms with Crippen LogP contribution in [0.25, 0.3) is 0 Å². The second kappa shape index (κ2) is 6.31. The highest BCUT2D eigenvalue weighted by Gasteiger charge is 2.46. The number of alkyl halides is 6. The molecule has 1 atom stereocenters. The first-order valence-corrected chi connectivity index (χ1v) is 3.84. The van der Waals surface area contributed by atoms with Crippen LogP contribution in [-0.4, -0.2) is 18.8 Å². The highest BCUT2D eigenvalue weighted by atomic mass is 19.4. The molecule has 0 aliphatic carbocycles. The van der Waals surface area contributed by atoms with Gasteiger partial charge in [-0.15, -0.1) is 0 Å². The molecular formula is C9H8F6. The van der Waals surface area contributed by atoms with E-state index >= 15 is 0 Å². The Kier molecular flexibility index (Phi) is 5.81. The van der Waals surface area contributed by atoms with Crippen molar-refractivity contribution in [2.24, 2.45) is 0 Å². The third-order valence-electron chi connectivity index (χ3n) is 1.20. The molecule has 0 aromatic heterocycles. The third-order valence-corrected chi connectivity index (χ3v) is 1.20. The zero-order chi connectivity index (χ0) is 11.9. The normalized spacial score (nSPS) is 13.0. The Morgan fingerprint density at radius 3 is 1.00 bits per heavy atom. The van der Waals surface area contributed by atoms with Gasteiger partial charge in [0.15, 0.2) is 0 Å². The lowest BCUT2D eigenvalue weighted by Crippen LogP contribution is -2.30. The molecule has 1 unspecified atom stereocenters. The van der Waals surface area contributed by atoms with Crippen molar-refractivity contribution in [1.29, 1.82) is 0 Å². The van der Waals surface area contributed by atoms with E-state index in [4.69, 9.17) is 0 Å². The Hall–Kier alpha value is -1.20. The van der Waals surface area contributed by atoms with Crippen molar-refractivity contribution < 1.29 is 26.3 Å². The molecule has 0 saturated carbocycles. The standard InChI is InChI=1S/C6H6.C3H2F6/c1-2-4-6-5-3-1;4-1(2(5)6)3(7,8)9/h1-6H;1-2H. The fraction of sp³-hybridized carbons (Fsp3) is 0.333. The number of rotatable bonds is 1. The number of benzene rings is 1. The summed E-state index contributed by atoms with van der Waals surface area (Å²) in [5, 5.41) is 0. The minimum Gasteiger partial charge on any atom is -0.231 e. The summed E-state index contributed by atoms with van der Waals surface area (Å²) in [5.74, 6) is 0. The van der Waals surface area contributed by atoms with Gasteiger partial charge in [0, 0.05) is 0 Å². The van der Waals surface area contributed by atoms with E-state index in [9.17, 15) is 26.3 Å². The van der Waals surface area contributed by atoms with E-state index in [2.05, 4.69) is 0 Å². The number of hydrogen-bond donors (Lipinski definition) is 0. The lowest BCUT2D eigenvalue weighted by atomic mass is 10.4. The molecule has 1 aromatic rings. The summed E-state index contributed by atoms with van der Waals surface area (Å²) in [5.41, 5.74) is 0. The topological polar surface area (TPSA) is 0 Å². The summed E-state index contributed by atoms with van der Waals surface area (Å²) in [6, 6.07) is 12.0. The quantitative estimate of drug-likeness (QED) is 0.643. The maximum absolute atomic E-state index is 11.2. The van der Waals surface area contributed by atoms with Crippen LogP contribution < -0.4 is 0 Å². The zero-order valence-corrected chi connectivity index (χ0v) is 7.39. The van der Waals surface area contributed by atoms with Crippen LogP contribution in [0, 0.1) is 0 Å². The van der Waals surface area contributed by atoms with Crippen molar-refractivity contribution in [3.63, 3.8) is 0 Å². The minimum absolute atomic E-state index is 2.00. The van der Waals surface area contributed by atoms with Crippen LogP contribution in [0.4, 0.5) is 26.3 Å². The molecule has 15 heavy (non-hydrogen) atoms. The Balaban J connectivity index is 0.000000280. The van der Waals surface area contributed by atoms with Gasteiger partial charge in [0.2, 0.25) is 0 Å². The molecule has 0 amide bonds. The largest absolute Gasteiger partial charge is 0.425 e. The predicted octanol–water partition coefficient (Wildman–Crippen LogP) is 3.84. The third kappa shape index (κ3) is 6.82. The van der Waals surface area contributed by atoms with Crippen molar-refractivity contribution in [1.82, 2.24) is 0 Å². The van der Waals surface area contributed by atoms with Crippen molar-refractivity contribution in [3.05, 3.63) is 36.4 Å². The SMILES string of the molecule is FC(F)C(F)C(F)(F)F.c1ccccc1. The molecule has 0 heterocycles. The summed E-state index contributed by atoms with van der Waals surface area (Å²) in [6.07, 6.45) is -13.4. The Bertz CT molecular complexity index is 216. The highest BCUT2D eigenvalue weighted by Crippen LogP contribution is 2.27. The highest BCUT2D eigenvalue weighted by molar-refractivity contribution is 4.99. The van der Waals surface area contributed by atoms with Gasteiger partial charge in [-0.1, -0.05) is 36.4 Å². The summed E-state index contributed by atoms with van der Waals surface area (Å²) < 4.78 is 65.4. The molecule has 0 bridgehead atoms. The lowest BCUT2D eigenvalue weighted by molar-refractivity contribution is -0.211. The van der Waals surface area contributed by atoms with Crippen LogP contribution in [-0.2, 0) is 0 Å². The first kappa shape index (κ1) is 13.8. The van der Waals surface area contributed by atoms with Crippen molar-refractivity contribution in [2.75, 3.05) is 0 Å². The van der Waals surface area contributed by atoms with Crippen molar-refractivity contribution in [2.45, 2.75) is 18.8 Å². The summed E-state index contributed by atoms with van der Waals surface area (Å²) in [4.78, 5) is 0. The van der Waals surface area contributed by atoms with E-state index in [-0.39, 0.29) is 0 Å². The Morgan fingerprint density at radius 1 is 0.667 bits per heavy atom. The van der Waals surface area contributed by atoms with Crippen molar-refractivity contribution in [3.8, 4) is 0 Å². The second-order valence-electron chi connectivity index (χ2n) is 2.43. The minimum atomic E-state index is -5.44. The molecule has 6 heteroatoms. The van der Waals surface area contributed by atoms with Crippen LogP contribution in [0.5, 0.6) is 0 Å². The molecule has 0 N–H and O–H groups in total. The van der Waals surface area contributed by atoms with E-state index in [0.29, 0.717) is 0 Å². The molecule has 0 aliphatic rings. The lowest BCUT2D eigenvalue weighted by Gasteiger charge is -2.09. The second-order valence-corrected chi connectivity index (χ2v) is 2.43. The molecule has 1 aromatic carbocycles. The van der Waals surface area contributed by atoms with E-state index in [1.807, 2.05) is 36.4 Å². The van der Waals surface area contributed by atoms with Crippen LogP contribution in [0.2, 0.25) is 0 Å². The predicted molar refractivity (Wildman–Crippen MR) is 43.4 cm³/mol. The first-order valence-electron chi connectivity index (χ1n) is 3.84. The van der Waals surface area contributed by atoms with E-state index in [1.165, 1.54) is 0 Å². The number of hydrogen-bond acceptors (Lipinski definition) is 0. The van der Waals surface area contributed by atoms with Crippen LogP contribution in [0.1, 0.15) is 0 Å². The maximum atomic E-state index is 11.2. The molecule has 0 spiro atoms. The van der Waals surface area contributed by atoms with Gasteiger partial charge in [-0.25, -0.2) is 13.2 Å². The van der Waals surface area contributed by atoms with Gasteiger partial charge in [0.05, 0.1) is 0 Å². The van der Waals surface area contributed by atoms with Gasteiger partial charge < -0.3 is 0 Å². The summed E-state index contributed by atoms with van der Waals surface area (Å²) in [6.45, 7) is 0. The molecular weight excluding hydrogens is 222 g/mol. The Morgan fingerprint density at radius 2 is 0.933 bits per heavy atom. The van der Waals surface area contributed by atoms with Gasteiger partial charge in [-0.05, 0) is 0 Å². The molecule has 0 aliphatic heterocycles. The molecule has 0 fully saturated rings. The zero-order valence-electron chi connectivity index (χ0n) is 7.39. The molecule has 0 saturated heterocycles. The van der Waals surface area contributed by atoms with Crippen LogP contribution >= 0.6 is 0 Å². The fourth-order valence-electron chi connectivity index (χ4n) is 0.528. The van der Waals surface area contributed by atoms with Gasteiger partial charge >= 0.3 is 6.18 Å². The van der Waals surface area contributed by atoms with Crippen LogP contribution in [0.15, 0.2) is 36.4 Å². The van der Waals surface area contributed by atoms with E-state index in [1.54, 1.807) is 0 Å². The molecule has 86 valence electrons. The van der Waals surface area contributed by atoms with Gasteiger partial charge in [0.1, 0.15) is 0 Å². The average Bonchev–Trinajstić information content (AvgIpc) is 2.19. The Labute approximate surface area is 82.5 Å². The van der Waals surface area contributed by atoms with Gasteiger partial charge in [-0.3, -0.25) is 0 Å². The molecule has 0 nitrogen and oxygen atoms in total. The number of halogens is 6. The van der Waals surface area contributed by atoms with E-state index in [0.717, 1.165) is 0 Å². The van der Waals surface area contributed by atoms with Gasteiger partial charge in [-0.2, -0.15) is 13.2 Å². The fourth-order valence-corrected chi connectivity index (χ4v) is 0.528.